The molecule has 9 nitrogen and oxygen atoms in total. The van der Waals surface area contributed by atoms with Gasteiger partial charge < -0.3 is 0 Å². The van der Waals surface area contributed by atoms with Crippen LogP contribution in [0.1, 0.15) is 27.7 Å². The summed E-state index contributed by atoms with van der Waals surface area (Å²) in [6.07, 6.45) is 1.02. The number of hydrogen-bond donors (Lipinski definition) is 0. The number of hydrogen-bond acceptors (Lipinski definition) is 6. The van der Waals surface area contributed by atoms with Crippen LogP contribution in [0, 0.1) is 0 Å². The standard InChI is InChI=1S/C12H11N3O6/c1-4-7(16)13-10(19)14(8(17)5-2)12(21)15(11(13)20)9(18)6-3/h4-5H,1-2,6H2,3H3. The Morgan fingerprint density at radius 3 is 1.48 bits per heavy atom. The molecule has 1 rings (SSSR count). The third-order valence-corrected chi connectivity index (χ3v) is 2.49. The highest BCUT2D eigenvalue weighted by Gasteiger charge is 2.23. The van der Waals surface area contributed by atoms with Gasteiger partial charge in [-0.1, -0.05) is 20.1 Å². The van der Waals surface area contributed by atoms with E-state index < -0.39 is 34.8 Å². The van der Waals surface area contributed by atoms with E-state index in [0.29, 0.717) is 12.2 Å². The van der Waals surface area contributed by atoms with Gasteiger partial charge in [0.2, 0.25) is 5.91 Å². The van der Waals surface area contributed by atoms with Gasteiger partial charge in [-0.05, 0) is 12.2 Å². The Labute approximate surface area is 117 Å². The summed E-state index contributed by atoms with van der Waals surface area (Å²) in [5.74, 6) is -3.32. The summed E-state index contributed by atoms with van der Waals surface area (Å²) in [6.45, 7) is 7.55. The Kier molecular flexibility index (Phi) is 4.49. The summed E-state index contributed by atoms with van der Waals surface area (Å²) in [7, 11) is 0. The highest BCUT2D eigenvalue weighted by atomic mass is 16.2. The molecule has 21 heavy (non-hydrogen) atoms. The van der Waals surface area contributed by atoms with Crippen molar-refractivity contribution in [1.82, 2.24) is 13.7 Å². The van der Waals surface area contributed by atoms with E-state index in [1.165, 1.54) is 6.92 Å². The molecule has 0 aliphatic rings. The number of allylic oxidation sites excluding steroid dienone is 2. The fourth-order valence-corrected chi connectivity index (χ4v) is 1.48. The van der Waals surface area contributed by atoms with Crippen molar-refractivity contribution in [3.63, 3.8) is 0 Å². The average Bonchev–Trinajstić information content (AvgIpc) is 2.46. The Morgan fingerprint density at radius 1 is 0.857 bits per heavy atom. The summed E-state index contributed by atoms with van der Waals surface area (Å²) >= 11 is 0. The number of rotatable bonds is 3. The summed E-state index contributed by atoms with van der Waals surface area (Å²) in [5.41, 5.74) is -4.38. The number of carbonyl (C=O) groups is 3. The van der Waals surface area contributed by atoms with Crippen LogP contribution in [0.15, 0.2) is 39.7 Å². The first kappa shape index (κ1) is 16.0. The monoisotopic (exact) mass is 293 g/mol. The van der Waals surface area contributed by atoms with E-state index in [2.05, 4.69) is 13.2 Å². The second-order valence-electron chi connectivity index (χ2n) is 3.69. The van der Waals surface area contributed by atoms with Crippen molar-refractivity contribution >= 4 is 17.7 Å². The molecular formula is C12H11N3O6. The van der Waals surface area contributed by atoms with Crippen LogP contribution in [-0.2, 0) is 0 Å². The largest absolute Gasteiger partial charge is 0.350 e. The van der Waals surface area contributed by atoms with E-state index >= 15 is 0 Å². The van der Waals surface area contributed by atoms with Crippen LogP contribution in [0.25, 0.3) is 0 Å². The summed E-state index contributed by atoms with van der Waals surface area (Å²) in [4.78, 5) is 70.6. The molecule has 1 aromatic rings. The van der Waals surface area contributed by atoms with Crippen LogP contribution in [0.2, 0.25) is 0 Å². The van der Waals surface area contributed by atoms with Crippen molar-refractivity contribution in [3.05, 3.63) is 56.8 Å². The first-order valence-corrected chi connectivity index (χ1v) is 5.69. The highest BCUT2D eigenvalue weighted by molar-refractivity contribution is 5.91. The van der Waals surface area contributed by atoms with Crippen LogP contribution < -0.4 is 17.1 Å². The van der Waals surface area contributed by atoms with E-state index in [-0.39, 0.29) is 20.1 Å². The summed E-state index contributed by atoms with van der Waals surface area (Å²) in [5, 5.41) is 0. The zero-order chi connectivity index (χ0) is 16.3. The smallest absolute Gasteiger partial charge is 0.274 e. The third-order valence-electron chi connectivity index (χ3n) is 2.49. The van der Waals surface area contributed by atoms with Crippen LogP contribution in [-0.4, -0.2) is 31.4 Å². The molecule has 0 atom stereocenters. The molecule has 1 aromatic heterocycles. The van der Waals surface area contributed by atoms with Gasteiger partial charge in [-0.25, -0.2) is 14.4 Å². The molecule has 110 valence electrons. The fourth-order valence-electron chi connectivity index (χ4n) is 1.48. The van der Waals surface area contributed by atoms with Gasteiger partial charge in [0.05, 0.1) is 0 Å². The minimum atomic E-state index is -1.49. The molecule has 0 amide bonds. The summed E-state index contributed by atoms with van der Waals surface area (Å²) in [6, 6.07) is 0. The maximum Gasteiger partial charge on any atom is 0.350 e. The van der Waals surface area contributed by atoms with Crippen molar-refractivity contribution < 1.29 is 14.4 Å². The van der Waals surface area contributed by atoms with Crippen LogP contribution in [0.4, 0.5) is 0 Å². The fraction of sp³-hybridized carbons (Fsp3) is 0.167. The first-order chi connectivity index (χ1) is 9.81. The maximum atomic E-state index is 12.0. The zero-order valence-corrected chi connectivity index (χ0v) is 11.1. The predicted molar refractivity (Wildman–Crippen MR) is 71.8 cm³/mol. The third kappa shape index (κ3) is 2.48. The minimum Gasteiger partial charge on any atom is -0.274 e. The van der Waals surface area contributed by atoms with Crippen molar-refractivity contribution in [3.8, 4) is 0 Å². The SMILES string of the molecule is C=CC(=O)n1c(=O)n(C(=O)C=C)c(=O)n(C(=O)CC)c1=O. The first-order valence-electron chi connectivity index (χ1n) is 5.69. The molecule has 0 N–H and O–H groups in total. The van der Waals surface area contributed by atoms with Gasteiger partial charge in [0.15, 0.2) is 0 Å². The molecule has 0 radical (unpaired) electrons. The van der Waals surface area contributed by atoms with Crippen molar-refractivity contribution in [2.45, 2.75) is 13.3 Å². The molecule has 0 saturated heterocycles. The van der Waals surface area contributed by atoms with Gasteiger partial charge in [-0.2, -0.15) is 13.7 Å². The highest BCUT2D eigenvalue weighted by Crippen LogP contribution is 1.84. The topological polar surface area (TPSA) is 117 Å². The number of aromatic nitrogens is 3. The number of nitrogens with zero attached hydrogens (tertiary/aromatic N) is 3. The Hall–Kier alpha value is -3.10. The quantitative estimate of drug-likeness (QED) is 0.651. The zero-order valence-electron chi connectivity index (χ0n) is 11.1. The second kappa shape index (κ2) is 5.90. The lowest BCUT2D eigenvalue weighted by Crippen LogP contribution is -2.58. The molecule has 0 spiro atoms. The van der Waals surface area contributed by atoms with Crippen molar-refractivity contribution in [1.29, 1.82) is 0 Å². The Balaban J connectivity index is 4.12. The molecule has 1 heterocycles. The van der Waals surface area contributed by atoms with Gasteiger partial charge in [0.25, 0.3) is 11.8 Å². The Morgan fingerprint density at radius 2 is 1.19 bits per heavy atom. The number of carbonyl (C=O) groups excluding carboxylic acids is 3. The van der Waals surface area contributed by atoms with Gasteiger partial charge in [0, 0.05) is 6.42 Å². The van der Waals surface area contributed by atoms with Crippen LogP contribution in [0.5, 0.6) is 0 Å². The van der Waals surface area contributed by atoms with E-state index in [9.17, 15) is 28.8 Å². The maximum absolute atomic E-state index is 12.0. The molecule has 0 bridgehead atoms. The van der Waals surface area contributed by atoms with Gasteiger partial charge in [0.1, 0.15) is 0 Å². The van der Waals surface area contributed by atoms with Gasteiger partial charge in [-0.3, -0.25) is 14.4 Å². The minimum absolute atomic E-state index is 0.0244. The lowest BCUT2D eigenvalue weighted by atomic mass is 10.4. The van der Waals surface area contributed by atoms with Gasteiger partial charge >= 0.3 is 17.1 Å². The molecular weight excluding hydrogens is 282 g/mol. The molecule has 0 aromatic carbocycles. The van der Waals surface area contributed by atoms with Crippen molar-refractivity contribution in [2.75, 3.05) is 0 Å². The normalized spacial score (nSPS) is 9.95. The lowest BCUT2D eigenvalue weighted by Gasteiger charge is -2.08. The van der Waals surface area contributed by atoms with E-state index in [1.54, 1.807) is 0 Å². The van der Waals surface area contributed by atoms with Crippen LogP contribution in [0.3, 0.4) is 0 Å². The van der Waals surface area contributed by atoms with E-state index in [0.717, 1.165) is 0 Å². The van der Waals surface area contributed by atoms with Crippen LogP contribution >= 0.6 is 0 Å². The predicted octanol–water partition coefficient (Wildman–Crippen LogP) is -1.13. The Bertz CT molecular complexity index is 778. The lowest BCUT2D eigenvalue weighted by molar-refractivity contribution is 0.0874. The molecule has 0 aliphatic heterocycles. The molecule has 9 heteroatoms. The van der Waals surface area contributed by atoms with E-state index in [4.69, 9.17) is 0 Å². The molecule has 0 aliphatic carbocycles. The molecule has 0 fully saturated rings. The average molecular weight is 293 g/mol. The van der Waals surface area contributed by atoms with E-state index in [1.807, 2.05) is 0 Å². The second-order valence-corrected chi connectivity index (χ2v) is 3.69. The molecule has 0 unspecified atom stereocenters. The van der Waals surface area contributed by atoms with Gasteiger partial charge in [-0.15, -0.1) is 0 Å². The summed E-state index contributed by atoms with van der Waals surface area (Å²) < 4.78 is -0.00306. The molecule has 0 saturated carbocycles. The van der Waals surface area contributed by atoms with Crippen molar-refractivity contribution in [2.24, 2.45) is 0 Å².